The molecule has 0 radical (unpaired) electrons. The van der Waals surface area contributed by atoms with Gasteiger partial charge in [0.05, 0.1) is 6.54 Å². The monoisotopic (exact) mass is 228 g/mol. The number of carbonyl (C=O) groups is 2. The van der Waals surface area contributed by atoms with E-state index in [1.54, 1.807) is 12.0 Å². The van der Waals surface area contributed by atoms with Crippen LogP contribution in [-0.4, -0.2) is 49.6 Å². The van der Waals surface area contributed by atoms with Crippen molar-refractivity contribution in [2.24, 2.45) is 0 Å². The van der Waals surface area contributed by atoms with Gasteiger partial charge in [-0.15, -0.1) is 0 Å². The van der Waals surface area contributed by atoms with Gasteiger partial charge in [-0.3, -0.25) is 9.59 Å². The fraction of sp³-hybridized carbons (Fsp3) is 0.818. The molecule has 0 aromatic carbocycles. The van der Waals surface area contributed by atoms with Gasteiger partial charge in [0.25, 0.3) is 0 Å². The van der Waals surface area contributed by atoms with Crippen LogP contribution in [0.5, 0.6) is 0 Å². The van der Waals surface area contributed by atoms with Gasteiger partial charge in [0.1, 0.15) is 6.04 Å². The highest BCUT2D eigenvalue weighted by Gasteiger charge is 2.32. The molecule has 1 fully saturated rings. The van der Waals surface area contributed by atoms with Gasteiger partial charge in [-0.1, -0.05) is 6.92 Å². The second-order valence-electron chi connectivity index (χ2n) is 3.93. The van der Waals surface area contributed by atoms with E-state index < -0.39 is 0 Å². The first-order valence-electron chi connectivity index (χ1n) is 5.76. The van der Waals surface area contributed by atoms with Gasteiger partial charge in [-0.05, 0) is 19.3 Å². The Bertz CT molecular complexity index is 256. The fourth-order valence-corrected chi connectivity index (χ4v) is 1.91. The van der Waals surface area contributed by atoms with Crippen molar-refractivity contribution < 1.29 is 14.3 Å². The number of rotatable bonds is 6. The van der Waals surface area contributed by atoms with E-state index in [-0.39, 0.29) is 24.4 Å². The lowest BCUT2D eigenvalue weighted by atomic mass is 10.1. The lowest BCUT2D eigenvalue weighted by Gasteiger charge is -2.34. The molecule has 1 aliphatic rings. The quantitative estimate of drug-likeness (QED) is 0.658. The Labute approximate surface area is 96.1 Å². The molecule has 1 rings (SSSR count). The van der Waals surface area contributed by atoms with Crippen LogP contribution in [-0.2, 0) is 14.3 Å². The lowest BCUT2D eigenvalue weighted by Crippen LogP contribution is -2.58. The second kappa shape index (κ2) is 6.48. The number of nitrogens with one attached hydrogen (secondary N) is 1. The van der Waals surface area contributed by atoms with Crippen LogP contribution in [0, 0.1) is 0 Å². The van der Waals surface area contributed by atoms with E-state index in [1.165, 1.54) is 0 Å². The third-order valence-electron chi connectivity index (χ3n) is 2.80. The summed E-state index contributed by atoms with van der Waals surface area (Å²) in [6, 6.07) is -0.288. The average molecular weight is 228 g/mol. The predicted molar refractivity (Wildman–Crippen MR) is 59.9 cm³/mol. The smallest absolute Gasteiger partial charge is 0.243 e. The number of hydrogen-bond acceptors (Lipinski definition) is 3. The van der Waals surface area contributed by atoms with Gasteiger partial charge in [0.15, 0.2) is 0 Å². The number of unbranched alkanes of at least 4 members (excludes halogenated alkanes) is 1. The molecule has 0 saturated carbocycles. The minimum absolute atomic E-state index is 0.0175. The predicted octanol–water partition coefficient (Wildman–Crippen LogP) is 0.150. The fourth-order valence-electron chi connectivity index (χ4n) is 1.91. The minimum Gasteiger partial charge on any atom is -0.385 e. The van der Waals surface area contributed by atoms with Gasteiger partial charge in [0.2, 0.25) is 11.8 Å². The summed E-state index contributed by atoms with van der Waals surface area (Å²) in [6.45, 7) is 3.41. The number of ether oxygens (including phenoxy) is 1. The molecule has 0 aromatic heterocycles. The van der Waals surface area contributed by atoms with Crippen LogP contribution in [0.3, 0.4) is 0 Å². The van der Waals surface area contributed by atoms with Crippen LogP contribution in [0.1, 0.15) is 26.2 Å². The highest BCUT2D eigenvalue weighted by atomic mass is 16.5. The summed E-state index contributed by atoms with van der Waals surface area (Å²) >= 11 is 0. The molecule has 92 valence electrons. The Morgan fingerprint density at radius 3 is 2.81 bits per heavy atom. The molecule has 1 saturated heterocycles. The molecule has 1 atom stereocenters. The Morgan fingerprint density at radius 2 is 2.19 bits per heavy atom. The molecule has 5 nitrogen and oxygen atoms in total. The van der Waals surface area contributed by atoms with Crippen molar-refractivity contribution in [3.05, 3.63) is 0 Å². The van der Waals surface area contributed by atoms with E-state index in [9.17, 15) is 9.59 Å². The summed E-state index contributed by atoms with van der Waals surface area (Å²) in [7, 11) is 1.66. The topological polar surface area (TPSA) is 58.6 Å². The zero-order chi connectivity index (χ0) is 12.0. The lowest BCUT2D eigenvalue weighted by molar-refractivity contribution is -0.145. The molecular formula is C11H20N2O3. The summed E-state index contributed by atoms with van der Waals surface area (Å²) in [5.74, 6) is -0.0160. The number of piperazine rings is 1. The van der Waals surface area contributed by atoms with Crippen LogP contribution >= 0.6 is 0 Å². The van der Waals surface area contributed by atoms with E-state index in [1.807, 2.05) is 6.92 Å². The van der Waals surface area contributed by atoms with Crippen LogP contribution in [0.4, 0.5) is 0 Å². The van der Waals surface area contributed by atoms with Crippen LogP contribution < -0.4 is 5.32 Å². The van der Waals surface area contributed by atoms with E-state index in [2.05, 4.69) is 5.32 Å². The summed E-state index contributed by atoms with van der Waals surface area (Å²) in [4.78, 5) is 24.9. The molecule has 0 bridgehead atoms. The molecule has 1 heterocycles. The molecule has 5 heteroatoms. The third-order valence-corrected chi connectivity index (χ3v) is 2.80. The van der Waals surface area contributed by atoms with Gasteiger partial charge in [0, 0.05) is 20.3 Å². The van der Waals surface area contributed by atoms with Gasteiger partial charge >= 0.3 is 0 Å². The standard InChI is InChI=1S/C11H20N2O3/c1-3-9-11(15)12-8-10(14)13(9)6-4-5-7-16-2/h9H,3-8H2,1-2H3,(H,12,15). The highest BCUT2D eigenvalue weighted by molar-refractivity contribution is 5.94. The Morgan fingerprint density at radius 1 is 1.44 bits per heavy atom. The van der Waals surface area contributed by atoms with Crippen molar-refractivity contribution in [1.29, 1.82) is 0 Å². The Kier molecular flexibility index (Phi) is 5.25. The van der Waals surface area contributed by atoms with E-state index in [0.29, 0.717) is 19.6 Å². The SMILES string of the molecule is CCC1C(=O)NCC(=O)N1CCCCOC. The number of hydrogen-bond donors (Lipinski definition) is 1. The molecule has 0 aliphatic carbocycles. The molecule has 16 heavy (non-hydrogen) atoms. The minimum atomic E-state index is -0.288. The molecule has 1 unspecified atom stereocenters. The molecule has 2 amide bonds. The van der Waals surface area contributed by atoms with Crippen molar-refractivity contribution in [1.82, 2.24) is 10.2 Å². The zero-order valence-corrected chi connectivity index (χ0v) is 9.99. The van der Waals surface area contributed by atoms with Crippen molar-refractivity contribution in [3.63, 3.8) is 0 Å². The van der Waals surface area contributed by atoms with E-state index in [4.69, 9.17) is 4.74 Å². The van der Waals surface area contributed by atoms with Gasteiger partial charge < -0.3 is 15.0 Å². The number of amides is 2. The molecule has 1 aliphatic heterocycles. The Balaban J connectivity index is 2.45. The zero-order valence-electron chi connectivity index (χ0n) is 9.99. The number of nitrogens with zero attached hydrogens (tertiary/aromatic N) is 1. The second-order valence-corrected chi connectivity index (χ2v) is 3.93. The molecule has 1 N–H and O–H groups in total. The summed E-state index contributed by atoms with van der Waals surface area (Å²) in [5.41, 5.74) is 0. The van der Waals surface area contributed by atoms with E-state index >= 15 is 0 Å². The summed E-state index contributed by atoms with van der Waals surface area (Å²) < 4.78 is 4.95. The first kappa shape index (κ1) is 13.0. The van der Waals surface area contributed by atoms with Crippen molar-refractivity contribution in [3.8, 4) is 0 Å². The Hall–Kier alpha value is -1.10. The van der Waals surface area contributed by atoms with Crippen molar-refractivity contribution >= 4 is 11.8 Å². The first-order valence-corrected chi connectivity index (χ1v) is 5.76. The number of carbonyl (C=O) groups excluding carboxylic acids is 2. The van der Waals surface area contributed by atoms with E-state index in [0.717, 1.165) is 12.8 Å². The maximum absolute atomic E-state index is 11.7. The summed E-state index contributed by atoms with van der Waals surface area (Å²) in [5, 5.41) is 2.61. The first-order chi connectivity index (χ1) is 7.70. The van der Waals surface area contributed by atoms with Crippen LogP contribution in [0.15, 0.2) is 0 Å². The van der Waals surface area contributed by atoms with Gasteiger partial charge in [-0.2, -0.15) is 0 Å². The van der Waals surface area contributed by atoms with Gasteiger partial charge in [-0.25, -0.2) is 0 Å². The maximum atomic E-state index is 11.7. The maximum Gasteiger partial charge on any atom is 0.243 e. The summed E-state index contributed by atoms with van der Waals surface area (Å²) in [6.07, 6.45) is 2.46. The van der Waals surface area contributed by atoms with Crippen molar-refractivity contribution in [2.45, 2.75) is 32.2 Å². The molecule has 0 spiro atoms. The largest absolute Gasteiger partial charge is 0.385 e. The third kappa shape index (κ3) is 3.20. The van der Waals surface area contributed by atoms with Crippen molar-refractivity contribution in [2.75, 3.05) is 26.8 Å². The normalized spacial score (nSPS) is 21.1. The average Bonchev–Trinajstić information content (AvgIpc) is 2.29. The molecule has 0 aromatic rings. The van der Waals surface area contributed by atoms with Crippen LogP contribution in [0.2, 0.25) is 0 Å². The molecular weight excluding hydrogens is 208 g/mol. The highest BCUT2D eigenvalue weighted by Crippen LogP contribution is 2.10. The number of methoxy groups -OCH3 is 1. The van der Waals surface area contributed by atoms with Crippen LogP contribution in [0.25, 0.3) is 0 Å².